The number of hydrogen-bond acceptors (Lipinski definition) is 6. The smallest absolute Gasteiger partial charge is 0.280 e. The van der Waals surface area contributed by atoms with Gasteiger partial charge in [0.1, 0.15) is 5.75 Å². The van der Waals surface area contributed by atoms with E-state index in [4.69, 9.17) is 4.74 Å². The van der Waals surface area contributed by atoms with Gasteiger partial charge in [-0.05, 0) is 30.3 Å². The quantitative estimate of drug-likeness (QED) is 0.512. The van der Waals surface area contributed by atoms with Crippen LogP contribution in [0.1, 0.15) is 10.5 Å². The van der Waals surface area contributed by atoms with Gasteiger partial charge in [-0.1, -0.05) is 11.3 Å². The van der Waals surface area contributed by atoms with Crippen molar-refractivity contribution >= 4 is 32.6 Å². The summed E-state index contributed by atoms with van der Waals surface area (Å²) in [5, 5.41) is 9.08. The molecule has 3 aromatic heterocycles. The van der Waals surface area contributed by atoms with Crippen LogP contribution in [0.15, 0.2) is 48.9 Å². The number of methoxy groups -OCH3 is 1. The number of benzene rings is 1. The second-order valence-electron chi connectivity index (χ2n) is 5.93. The number of nitrogens with zero attached hydrogens (tertiary/aromatic N) is 6. The van der Waals surface area contributed by atoms with Gasteiger partial charge in [0.05, 0.1) is 23.9 Å². The molecule has 27 heavy (non-hydrogen) atoms. The molecular weight excluding hydrogens is 364 g/mol. The minimum absolute atomic E-state index is 0.186. The molecule has 4 aromatic rings. The van der Waals surface area contributed by atoms with E-state index in [1.54, 1.807) is 46.9 Å². The van der Waals surface area contributed by atoms with Crippen LogP contribution >= 0.6 is 11.3 Å². The Morgan fingerprint density at radius 3 is 2.89 bits per heavy atom. The molecule has 0 aliphatic heterocycles. The summed E-state index contributed by atoms with van der Waals surface area (Å²) in [7, 11) is 3.42. The Balaban J connectivity index is 1.68. The highest BCUT2D eigenvalue weighted by atomic mass is 32.1. The molecule has 0 spiro atoms. The molecule has 0 aliphatic rings. The monoisotopic (exact) mass is 382 g/mol. The zero-order chi connectivity index (χ0) is 18.8. The molecule has 4 rings (SSSR count). The first kappa shape index (κ1) is 17.2. The lowest BCUT2D eigenvalue weighted by atomic mass is 10.3. The Morgan fingerprint density at radius 2 is 2.19 bits per heavy atom. The molecule has 8 nitrogen and oxygen atoms in total. The number of fused-ring (bicyclic) bond motifs is 1. The molecular formula is C18H18N6O2S. The number of rotatable bonds is 6. The van der Waals surface area contributed by atoms with E-state index in [1.807, 2.05) is 30.5 Å². The van der Waals surface area contributed by atoms with Gasteiger partial charge in [-0.2, -0.15) is 10.2 Å². The average Bonchev–Trinajstić information content (AvgIpc) is 3.41. The zero-order valence-corrected chi connectivity index (χ0v) is 15.8. The molecule has 1 aromatic carbocycles. The summed E-state index contributed by atoms with van der Waals surface area (Å²) in [6.07, 6.45) is 5.34. The SMILES string of the molecule is COc1ccc2nc(N(CCn3cccn3)C(=O)c3ccn(C)n3)sc2c1. The van der Waals surface area contributed by atoms with Crippen molar-refractivity contribution in [2.45, 2.75) is 6.54 Å². The molecule has 0 saturated heterocycles. The summed E-state index contributed by atoms with van der Waals surface area (Å²) in [5.74, 6) is 0.575. The lowest BCUT2D eigenvalue weighted by Gasteiger charge is -2.18. The van der Waals surface area contributed by atoms with E-state index < -0.39 is 0 Å². The van der Waals surface area contributed by atoms with Gasteiger partial charge in [-0.25, -0.2) is 4.98 Å². The third kappa shape index (κ3) is 3.54. The molecule has 0 atom stereocenters. The second kappa shape index (κ2) is 7.20. The van der Waals surface area contributed by atoms with Crippen LogP contribution in [0.5, 0.6) is 5.75 Å². The van der Waals surface area contributed by atoms with Gasteiger partial charge in [0.2, 0.25) is 0 Å². The minimum atomic E-state index is -0.186. The van der Waals surface area contributed by atoms with Gasteiger partial charge in [0.15, 0.2) is 10.8 Å². The van der Waals surface area contributed by atoms with Crippen LogP contribution in [0.4, 0.5) is 5.13 Å². The van der Waals surface area contributed by atoms with Crippen molar-refractivity contribution in [2.75, 3.05) is 18.6 Å². The normalized spacial score (nSPS) is 11.0. The minimum Gasteiger partial charge on any atom is -0.497 e. The maximum absolute atomic E-state index is 13.1. The van der Waals surface area contributed by atoms with E-state index in [2.05, 4.69) is 15.2 Å². The molecule has 0 bridgehead atoms. The largest absolute Gasteiger partial charge is 0.497 e. The summed E-state index contributed by atoms with van der Waals surface area (Å²) in [4.78, 5) is 19.4. The standard InChI is InChI=1S/C18H18N6O2S/c1-22-9-6-15(21-22)17(25)24(11-10-23-8-3-7-19-23)18-20-14-5-4-13(26-2)12-16(14)27-18/h3-9,12H,10-11H2,1-2H3. The van der Waals surface area contributed by atoms with Crippen LogP contribution in [-0.2, 0) is 13.6 Å². The number of thiazole rings is 1. The van der Waals surface area contributed by atoms with Crippen LogP contribution in [0.25, 0.3) is 10.2 Å². The Labute approximate surface area is 159 Å². The average molecular weight is 382 g/mol. The second-order valence-corrected chi connectivity index (χ2v) is 6.94. The molecule has 0 unspecified atom stereocenters. The number of hydrogen-bond donors (Lipinski definition) is 0. The molecule has 3 heterocycles. The van der Waals surface area contributed by atoms with Gasteiger partial charge in [0.25, 0.3) is 5.91 Å². The van der Waals surface area contributed by atoms with Crippen LogP contribution in [0.3, 0.4) is 0 Å². The highest BCUT2D eigenvalue weighted by Crippen LogP contribution is 2.32. The molecule has 9 heteroatoms. The Kier molecular flexibility index (Phi) is 4.59. The fourth-order valence-corrected chi connectivity index (χ4v) is 3.74. The lowest BCUT2D eigenvalue weighted by molar-refractivity contribution is 0.0980. The summed E-state index contributed by atoms with van der Waals surface area (Å²) in [6.45, 7) is 0.999. The van der Waals surface area contributed by atoms with Crippen molar-refractivity contribution in [2.24, 2.45) is 7.05 Å². The maximum Gasteiger partial charge on any atom is 0.280 e. The molecule has 0 saturated carbocycles. The number of aryl methyl sites for hydroxylation is 1. The number of amides is 1. The van der Waals surface area contributed by atoms with Gasteiger partial charge >= 0.3 is 0 Å². The molecule has 138 valence electrons. The Morgan fingerprint density at radius 1 is 1.30 bits per heavy atom. The highest BCUT2D eigenvalue weighted by molar-refractivity contribution is 7.22. The number of anilines is 1. The summed E-state index contributed by atoms with van der Waals surface area (Å²) in [6, 6.07) is 9.24. The van der Waals surface area contributed by atoms with E-state index in [-0.39, 0.29) is 5.91 Å². The van der Waals surface area contributed by atoms with Crippen molar-refractivity contribution < 1.29 is 9.53 Å². The first-order valence-corrected chi connectivity index (χ1v) is 9.19. The van der Waals surface area contributed by atoms with E-state index >= 15 is 0 Å². The Bertz CT molecular complexity index is 1070. The van der Waals surface area contributed by atoms with Crippen LogP contribution in [0, 0.1) is 0 Å². The maximum atomic E-state index is 13.1. The molecule has 0 radical (unpaired) electrons. The van der Waals surface area contributed by atoms with Gasteiger partial charge < -0.3 is 4.74 Å². The van der Waals surface area contributed by atoms with Gasteiger partial charge in [-0.15, -0.1) is 0 Å². The number of aromatic nitrogens is 5. The third-order valence-corrected chi connectivity index (χ3v) is 5.15. The van der Waals surface area contributed by atoms with Gasteiger partial charge in [-0.3, -0.25) is 19.1 Å². The number of ether oxygens (including phenoxy) is 1. The lowest BCUT2D eigenvalue weighted by Crippen LogP contribution is -2.34. The fraction of sp³-hybridized carbons (Fsp3) is 0.222. The first-order chi connectivity index (χ1) is 13.1. The summed E-state index contributed by atoms with van der Waals surface area (Å²) in [5.41, 5.74) is 1.21. The van der Waals surface area contributed by atoms with Crippen molar-refractivity contribution in [1.82, 2.24) is 24.5 Å². The Hall–Kier alpha value is -3.20. The van der Waals surface area contributed by atoms with Crippen molar-refractivity contribution in [3.8, 4) is 5.75 Å². The molecule has 0 aliphatic carbocycles. The molecule has 1 amide bonds. The van der Waals surface area contributed by atoms with Crippen molar-refractivity contribution in [3.05, 3.63) is 54.6 Å². The van der Waals surface area contributed by atoms with Gasteiger partial charge in [0, 0.05) is 32.2 Å². The van der Waals surface area contributed by atoms with E-state index in [0.29, 0.717) is 23.9 Å². The van der Waals surface area contributed by atoms with Crippen LogP contribution in [-0.4, -0.2) is 44.1 Å². The first-order valence-electron chi connectivity index (χ1n) is 8.37. The van der Waals surface area contributed by atoms with E-state index in [1.165, 1.54) is 11.3 Å². The summed E-state index contributed by atoms with van der Waals surface area (Å²) >= 11 is 1.45. The number of carbonyl (C=O) groups is 1. The zero-order valence-electron chi connectivity index (χ0n) is 14.9. The highest BCUT2D eigenvalue weighted by Gasteiger charge is 2.23. The summed E-state index contributed by atoms with van der Waals surface area (Å²) < 4.78 is 9.64. The predicted octanol–water partition coefficient (Wildman–Crippen LogP) is 2.58. The topological polar surface area (TPSA) is 78.1 Å². The third-order valence-electron chi connectivity index (χ3n) is 4.10. The molecule has 0 N–H and O–H groups in total. The van der Waals surface area contributed by atoms with Crippen molar-refractivity contribution in [1.29, 1.82) is 0 Å². The van der Waals surface area contributed by atoms with Crippen molar-refractivity contribution in [3.63, 3.8) is 0 Å². The molecule has 0 fully saturated rings. The van der Waals surface area contributed by atoms with Crippen LogP contribution in [0.2, 0.25) is 0 Å². The fourth-order valence-electron chi connectivity index (χ4n) is 2.72. The van der Waals surface area contributed by atoms with E-state index in [9.17, 15) is 4.79 Å². The van der Waals surface area contributed by atoms with Crippen LogP contribution < -0.4 is 9.64 Å². The predicted molar refractivity (Wildman–Crippen MR) is 103 cm³/mol. The number of carbonyl (C=O) groups excluding carboxylic acids is 1. The van der Waals surface area contributed by atoms with E-state index in [0.717, 1.165) is 16.0 Å².